The average molecular weight is 475 g/mol. The fourth-order valence-electron chi connectivity index (χ4n) is 3.47. The number of rotatable bonds is 9. The van der Waals surface area contributed by atoms with Crippen LogP contribution >= 0.6 is 0 Å². The van der Waals surface area contributed by atoms with Gasteiger partial charge in [-0.1, -0.05) is 18.2 Å². The van der Waals surface area contributed by atoms with Crippen molar-refractivity contribution in [3.63, 3.8) is 0 Å². The second-order valence-electron chi connectivity index (χ2n) is 8.15. The molecule has 1 saturated heterocycles. The molecule has 4 rings (SSSR count). The van der Waals surface area contributed by atoms with Crippen molar-refractivity contribution in [2.24, 2.45) is 0 Å². The number of carbonyl (C=O) groups excluding carboxylic acids is 3. The van der Waals surface area contributed by atoms with E-state index >= 15 is 0 Å². The molecular weight excluding hydrogens is 448 g/mol. The summed E-state index contributed by atoms with van der Waals surface area (Å²) in [5, 5.41) is 2.19. The van der Waals surface area contributed by atoms with Gasteiger partial charge in [0.1, 0.15) is 22.8 Å². The van der Waals surface area contributed by atoms with Crippen LogP contribution in [0.5, 0.6) is 11.5 Å². The lowest BCUT2D eigenvalue weighted by Crippen LogP contribution is -2.53. The Kier molecular flexibility index (Phi) is 7.30. The summed E-state index contributed by atoms with van der Waals surface area (Å²) < 4.78 is 16.7. The Labute approximate surface area is 203 Å². The Morgan fingerprint density at radius 1 is 0.914 bits per heavy atom. The number of nitrogens with zero attached hydrogens (tertiary/aromatic N) is 1. The third-order valence-corrected chi connectivity index (χ3v) is 5.58. The molecule has 8 nitrogen and oxygen atoms in total. The molecule has 4 amide bonds. The number of ether oxygens (including phenoxy) is 2. The van der Waals surface area contributed by atoms with E-state index in [2.05, 4.69) is 19.2 Å². The molecule has 1 N–H and O–H groups in total. The fourth-order valence-corrected chi connectivity index (χ4v) is 3.47. The molecule has 0 unspecified atom stereocenters. The fraction of sp³-hybridized carbons (Fsp3) is 0.222. The lowest BCUT2D eigenvalue weighted by molar-refractivity contribution is -0.130. The van der Waals surface area contributed by atoms with E-state index in [1.807, 2.05) is 18.2 Å². The van der Waals surface area contributed by atoms with Gasteiger partial charge in [0.25, 0.3) is 11.8 Å². The van der Waals surface area contributed by atoms with E-state index in [1.54, 1.807) is 36.4 Å². The second-order valence-corrected chi connectivity index (χ2v) is 8.15. The third kappa shape index (κ3) is 5.97. The molecule has 0 saturated carbocycles. The van der Waals surface area contributed by atoms with E-state index in [1.165, 1.54) is 23.5 Å². The summed E-state index contributed by atoms with van der Waals surface area (Å²) in [4.78, 5) is 38.1. The van der Waals surface area contributed by atoms with Gasteiger partial charge >= 0.3 is 6.03 Å². The van der Waals surface area contributed by atoms with Crippen LogP contribution < -0.4 is 14.8 Å². The summed E-state index contributed by atoms with van der Waals surface area (Å²) in [6.45, 7) is 5.07. The number of imide groups is 2. The molecule has 3 aromatic rings. The van der Waals surface area contributed by atoms with Crippen molar-refractivity contribution in [1.29, 1.82) is 0 Å². The van der Waals surface area contributed by atoms with Crippen molar-refractivity contribution in [1.82, 2.24) is 10.2 Å². The van der Waals surface area contributed by atoms with Gasteiger partial charge in [-0.2, -0.15) is 0 Å². The SMILES string of the molecule is Cc1ccc(OCCCOc2ccc(/C=C3\C(=O)NC(=O)N(Cc4ccco4)C3=O)cc2)cc1C. The Hall–Kier alpha value is -4.33. The van der Waals surface area contributed by atoms with E-state index in [0.717, 1.165) is 10.6 Å². The van der Waals surface area contributed by atoms with E-state index < -0.39 is 17.8 Å². The lowest BCUT2D eigenvalue weighted by Gasteiger charge is -2.25. The molecule has 2 heterocycles. The minimum absolute atomic E-state index is 0.0672. The quantitative estimate of drug-likeness (QED) is 0.280. The number of amides is 4. The van der Waals surface area contributed by atoms with Crippen molar-refractivity contribution < 1.29 is 28.3 Å². The highest BCUT2D eigenvalue weighted by molar-refractivity contribution is 6.30. The maximum Gasteiger partial charge on any atom is 0.331 e. The number of aryl methyl sites for hydroxylation is 2. The summed E-state index contributed by atoms with van der Waals surface area (Å²) in [6.07, 6.45) is 3.61. The van der Waals surface area contributed by atoms with Crippen LogP contribution in [0.15, 0.2) is 70.9 Å². The molecule has 0 aliphatic carbocycles. The molecule has 1 aliphatic rings. The van der Waals surface area contributed by atoms with Crippen LogP contribution in [0.4, 0.5) is 4.79 Å². The van der Waals surface area contributed by atoms with Gasteiger partial charge in [0.05, 0.1) is 26.0 Å². The summed E-state index contributed by atoms with van der Waals surface area (Å²) in [7, 11) is 0. The van der Waals surface area contributed by atoms with E-state index in [0.29, 0.717) is 36.7 Å². The summed E-state index contributed by atoms with van der Waals surface area (Å²) >= 11 is 0. The Balaban J connectivity index is 1.30. The molecule has 1 aromatic heterocycles. The summed E-state index contributed by atoms with van der Waals surface area (Å²) in [6, 6.07) is 15.5. The van der Waals surface area contributed by atoms with Gasteiger partial charge in [-0.3, -0.25) is 19.8 Å². The molecule has 8 heteroatoms. The van der Waals surface area contributed by atoms with Crippen molar-refractivity contribution >= 4 is 23.9 Å². The molecule has 180 valence electrons. The van der Waals surface area contributed by atoms with Crippen LogP contribution in [0, 0.1) is 13.8 Å². The van der Waals surface area contributed by atoms with E-state index in [9.17, 15) is 14.4 Å². The number of carbonyl (C=O) groups is 3. The Bertz CT molecular complexity index is 1250. The molecule has 1 fully saturated rings. The van der Waals surface area contributed by atoms with Crippen LogP contribution in [0.3, 0.4) is 0 Å². The molecule has 0 bridgehead atoms. The number of hydrogen-bond acceptors (Lipinski definition) is 6. The minimum Gasteiger partial charge on any atom is -0.493 e. The van der Waals surface area contributed by atoms with Crippen molar-refractivity contribution in [2.45, 2.75) is 26.8 Å². The maximum atomic E-state index is 12.8. The third-order valence-electron chi connectivity index (χ3n) is 5.58. The zero-order valence-electron chi connectivity index (χ0n) is 19.6. The van der Waals surface area contributed by atoms with Crippen LogP contribution in [-0.4, -0.2) is 36.0 Å². The topological polar surface area (TPSA) is 98.1 Å². The maximum absolute atomic E-state index is 12.8. The standard InChI is InChI=1S/C27H26N2O6/c1-18-6-9-22(15-19(18)2)34-14-4-13-33-21-10-7-20(8-11-21)16-24-25(30)28-27(32)29(26(24)31)17-23-5-3-12-35-23/h3,5-12,15-16H,4,13-14,17H2,1-2H3,(H,28,30,32)/b24-16+. The van der Waals surface area contributed by atoms with Crippen LogP contribution in [0.2, 0.25) is 0 Å². The zero-order valence-corrected chi connectivity index (χ0v) is 19.6. The predicted octanol–water partition coefficient (Wildman–Crippen LogP) is 4.41. The molecule has 1 aliphatic heterocycles. The van der Waals surface area contributed by atoms with Crippen LogP contribution in [0.25, 0.3) is 6.08 Å². The highest BCUT2D eigenvalue weighted by atomic mass is 16.5. The van der Waals surface area contributed by atoms with Crippen molar-refractivity contribution in [3.05, 3.63) is 88.9 Å². The smallest absolute Gasteiger partial charge is 0.331 e. The van der Waals surface area contributed by atoms with Gasteiger partial charge in [0, 0.05) is 6.42 Å². The number of benzene rings is 2. The van der Waals surface area contributed by atoms with Crippen molar-refractivity contribution in [3.8, 4) is 11.5 Å². The number of urea groups is 1. The number of hydrogen-bond donors (Lipinski definition) is 1. The molecule has 0 spiro atoms. The number of furan rings is 1. The van der Waals surface area contributed by atoms with Crippen LogP contribution in [0.1, 0.15) is 28.9 Å². The van der Waals surface area contributed by atoms with Gasteiger partial charge in [-0.15, -0.1) is 0 Å². The highest BCUT2D eigenvalue weighted by Gasteiger charge is 2.36. The van der Waals surface area contributed by atoms with Gasteiger partial charge in [0.15, 0.2) is 0 Å². The second kappa shape index (κ2) is 10.7. The first-order valence-corrected chi connectivity index (χ1v) is 11.2. The van der Waals surface area contributed by atoms with Gasteiger partial charge < -0.3 is 13.9 Å². The van der Waals surface area contributed by atoms with Gasteiger partial charge in [-0.05, 0) is 73.0 Å². The molecule has 35 heavy (non-hydrogen) atoms. The summed E-state index contributed by atoms with van der Waals surface area (Å²) in [5.74, 6) is 0.519. The van der Waals surface area contributed by atoms with Crippen LogP contribution in [-0.2, 0) is 16.1 Å². The Morgan fingerprint density at radius 2 is 1.63 bits per heavy atom. The van der Waals surface area contributed by atoms with Gasteiger partial charge in [0.2, 0.25) is 0 Å². The number of nitrogens with one attached hydrogen (secondary N) is 1. The molecule has 2 aromatic carbocycles. The molecule has 0 atom stereocenters. The molecular formula is C27H26N2O6. The zero-order chi connectivity index (χ0) is 24.8. The monoisotopic (exact) mass is 474 g/mol. The largest absolute Gasteiger partial charge is 0.493 e. The lowest BCUT2D eigenvalue weighted by atomic mass is 10.1. The first-order chi connectivity index (χ1) is 16.9. The normalized spacial score (nSPS) is 14.9. The average Bonchev–Trinajstić information content (AvgIpc) is 3.36. The molecule has 0 radical (unpaired) electrons. The van der Waals surface area contributed by atoms with E-state index in [4.69, 9.17) is 13.9 Å². The van der Waals surface area contributed by atoms with Crippen molar-refractivity contribution in [2.75, 3.05) is 13.2 Å². The Morgan fingerprint density at radius 3 is 2.31 bits per heavy atom. The highest BCUT2D eigenvalue weighted by Crippen LogP contribution is 2.20. The minimum atomic E-state index is -0.779. The first kappa shape index (κ1) is 23.8. The van der Waals surface area contributed by atoms with Gasteiger partial charge in [-0.25, -0.2) is 4.79 Å². The van der Waals surface area contributed by atoms with E-state index in [-0.39, 0.29) is 12.1 Å². The summed E-state index contributed by atoms with van der Waals surface area (Å²) in [5.41, 5.74) is 2.92. The first-order valence-electron chi connectivity index (χ1n) is 11.2. The predicted molar refractivity (Wildman–Crippen MR) is 129 cm³/mol. The number of barbiturate groups is 1.